The molecule has 0 aromatic carbocycles. The zero-order valence-corrected chi connectivity index (χ0v) is 28.2. The fourth-order valence-electron chi connectivity index (χ4n) is 7.77. The van der Waals surface area contributed by atoms with Crippen LogP contribution in [0.3, 0.4) is 0 Å². The van der Waals surface area contributed by atoms with E-state index in [2.05, 4.69) is 10.7 Å². The van der Waals surface area contributed by atoms with Crippen molar-refractivity contribution in [1.82, 2.24) is 20.7 Å². The topological polar surface area (TPSA) is 145 Å². The number of rotatable bonds is 16. The van der Waals surface area contributed by atoms with Crippen LogP contribution in [0.15, 0.2) is 0 Å². The number of alkyl halides is 2. The van der Waals surface area contributed by atoms with Crippen LogP contribution in [0.5, 0.6) is 0 Å². The highest BCUT2D eigenvalue weighted by Gasteiger charge is 2.41. The maximum atomic E-state index is 14.4. The quantitative estimate of drug-likeness (QED) is 0.186. The van der Waals surface area contributed by atoms with Gasteiger partial charge in [-0.1, -0.05) is 40.0 Å². The van der Waals surface area contributed by atoms with Gasteiger partial charge in [0.15, 0.2) is 0 Å². The Labute approximate surface area is 273 Å². The van der Waals surface area contributed by atoms with E-state index in [-0.39, 0.29) is 75.1 Å². The molecule has 10 nitrogen and oxygen atoms in total. The van der Waals surface area contributed by atoms with Crippen LogP contribution in [0.25, 0.3) is 0 Å². The fraction of sp³-hybridized carbons (Fsp3) is 0.882. The molecule has 3 fully saturated rings. The molecule has 5 N–H and O–H groups in total. The van der Waals surface area contributed by atoms with Crippen molar-refractivity contribution in [1.29, 1.82) is 0 Å². The fourth-order valence-corrected chi connectivity index (χ4v) is 7.77. The van der Waals surface area contributed by atoms with E-state index in [0.717, 1.165) is 44.9 Å². The van der Waals surface area contributed by atoms with Gasteiger partial charge in [0, 0.05) is 56.3 Å². The summed E-state index contributed by atoms with van der Waals surface area (Å²) in [5.41, 5.74) is 8.63. The summed E-state index contributed by atoms with van der Waals surface area (Å²) in [6.07, 6.45) is 3.67. The van der Waals surface area contributed by atoms with Crippen LogP contribution in [0.2, 0.25) is 0 Å². The number of nitrogens with zero attached hydrogens (tertiary/aromatic N) is 2. The van der Waals surface area contributed by atoms with Gasteiger partial charge in [-0.15, -0.1) is 0 Å². The molecular weight excluding hydrogens is 596 g/mol. The van der Waals surface area contributed by atoms with Gasteiger partial charge in [-0.2, -0.15) is 0 Å². The van der Waals surface area contributed by atoms with Gasteiger partial charge >= 0.3 is 0 Å². The molecule has 46 heavy (non-hydrogen) atoms. The average molecular weight is 656 g/mol. The molecule has 3 rings (SSSR count). The third-order valence-electron chi connectivity index (χ3n) is 10.2. The minimum atomic E-state index is -1.29. The second-order valence-electron chi connectivity index (χ2n) is 14.1. The van der Waals surface area contributed by atoms with Gasteiger partial charge in [0.2, 0.25) is 23.6 Å². The molecule has 3 aliphatic rings. The third kappa shape index (κ3) is 11.4. The molecule has 7 atom stereocenters. The van der Waals surface area contributed by atoms with E-state index in [0.29, 0.717) is 19.6 Å². The van der Waals surface area contributed by atoms with Crippen molar-refractivity contribution in [2.45, 2.75) is 135 Å². The molecule has 7 unspecified atom stereocenters. The molecule has 3 saturated carbocycles. The number of likely N-dealkylation sites (N-methyl/N-ethyl adjacent to an activating group) is 1. The van der Waals surface area contributed by atoms with Crippen LogP contribution in [0.4, 0.5) is 8.78 Å². The minimum Gasteiger partial charge on any atom is -0.390 e. The van der Waals surface area contributed by atoms with Crippen LogP contribution in [-0.4, -0.2) is 89.3 Å². The summed E-state index contributed by atoms with van der Waals surface area (Å²) in [4.78, 5) is 54.4. The molecule has 0 bridgehead atoms. The van der Waals surface area contributed by atoms with Crippen LogP contribution in [0.1, 0.15) is 111 Å². The molecule has 4 amide bonds. The van der Waals surface area contributed by atoms with E-state index in [1.54, 1.807) is 9.91 Å². The van der Waals surface area contributed by atoms with Crippen molar-refractivity contribution in [3.05, 3.63) is 0 Å². The van der Waals surface area contributed by atoms with Crippen molar-refractivity contribution >= 4 is 23.6 Å². The number of hydrogen-bond donors (Lipinski definition) is 4. The van der Waals surface area contributed by atoms with E-state index < -0.39 is 54.1 Å². The summed E-state index contributed by atoms with van der Waals surface area (Å²) >= 11 is 0. The third-order valence-corrected chi connectivity index (χ3v) is 10.2. The predicted molar refractivity (Wildman–Crippen MR) is 172 cm³/mol. The number of carbonyl (C=O) groups is 4. The Bertz CT molecular complexity index is 983. The Balaban J connectivity index is 1.76. The normalized spacial score (nSPS) is 28.7. The second kappa shape index (κ2) is 18.9. The van der Waals surface area contributed by atoms with E-state index in [9.17, 15) is 33.1 Å². The van der Waals surface area contributed by atoms with Gasteiger partial charge in [-0.25, -0.2) is 13.8 Å². The van der Waals surface area contributed by atoms with Gasteiger partial charge in [0.25, 0.3) is 0 Å². The molecule has 0 radical (unpaired) electrons. The molecule has 0 spiro atoms. The first kappa shape index (κ1) is 38.1. The van der Waals surface area contributed by atoms with Crippen LogP contribution >= 0.6 is 0 Å². The lowest BCUT2D eigenvalue weighted by molar-refractivity contribution is -0.141. The maximum absolute atomic E-state index is 14.4. The van der Waals surface area contributed by atoms with E-state index in [4.69, 9.17) is 5.73 Å². The molecule has 0 aromatic rings. The number of halogens is 2. The number of amides is 4. The number of nitrogens with one attached hydrogen (secondary N) is 2. The average Bonchev–Trinajstić information content (AvgIpc) is 3.03. The van der Waals surface area contributed by atoms with Crippen molar-refractivity contribution < 1.29 is 33.1 Å². The summed E-state index contributed by atoms with van der Waals surface area (Å²) in [6.45, 7) is 7.46. The van der Waals surface area contributed by atoms with E-state index in [1.807, 2.05) is 20.8 Å². The summed E-state index contributed by atoms with van der Waals surface area (Å²) in [5, 5.41) is 16.1. The Hall–Kier alpha value is -2.34. The number of carbonyl (C=O) groups excluding carboxylic acids is 4. The van der Waals surface area contributed by atoms with Crippen LogP contribution in [0, 0.1) is 29.6 Å². The summed E-state index contributed by atoms with van der Waals surface area (Å²) in [6, 6.07) is -0.851. The van der Waals surface area contributed by atoms with Crippen LogP contribution < -0.4 is 16.5 Å². The summed E-state index contributed by atoms with van der Waals surface area (Å²) in [7, 11) is 0. The first-order chi connectivity index (χ1) is 21.9. The van der Waals surface area contributed by atoms with Crippen molar-refractivity contribution in [2.24, 2.45) is 35.3 Å². The van der Waals surface area contributed by atoms with Gasteiger partial charge in [0.1, 0.15) is 12.3 Å². The number of primary amides is 1. The summed E-state index contributed by atoms with van der Waals surface area (Å²) in [5.74, 6) is -3.47. The molecular formula is C34H59F2N5O5. The Morgan fingerprint density at radius 3 is 1.96 bits per heavy atom. The predicted octanol–water partition coefficient (Wildman–Crippen LogP) is 3.80. The molecule has 264 valence electrons. The van der Waals surface area contributed by atoms with Gasteiger partial charge < -0.3 is 21.1 Å². The number of aliphatic hydroxyl groups is 1. The van der Waals surface area contributed by atoms with Gasteiger partial charge in [0.05, 0.1) is 12.1 Å². The Kier molecular flexibility index (Phi) is 15.6. The zero-order chi connectivity index (χ0) is 33.8. The first-order valence-electron chi connectivity index (χ1n) is 17.9. The van der Waals surface area contributed by atoms with Crippen molar-refractivity contribution in [3.8, 4) is 0 Å². The summed E-state index contributed by atoms with van der Waals surface area (Å²) < 4.78 is 28.7. The molecule has 3 aliphatic carbocycles. The molecule has 0 saturated heterocycles. The Morgan fingerprint density at radius 1 is 0.804 bits per heavy atom. The lowest BCUT2D eigenvalue weighted by atomic mass is 9.73. The zero-order valence-electron chi connectivity index (χ0n) is 28.2. The first-order valence-corrected chi connectivity index (χ1v) is 17.9. The number of hydrazine groups is 1. The molecule has 0 aromatic heterocycles. The number of aliphatic hydroxyl groups excluding tert-OH is 1. The van der Waals surface area contributed by atoms with Crippen molar-refractivity contribution in [2.75, 3.05) is 26.2 Å². The number of hydrogen-bond acceptors (Lipinski definition) is 6. The highest BCUT2D eigenvalue weighted by molar-refractivity contribution is 5.85. The molecule has 0 heterocycles. The van der Waals surface area contributed by atoms with Crippen molar-refractivity contribution in [3.63, 3.8) is 0 Å². The SMILES string of the molecule is CCCN(CCC)C(=O)C1CC(C(N)=O)CC(C(=O)NC(CC2CC(F)CC(F)C2)C(O)CN(CC)NC(=O)C2CCCCC2)C1. The smallest absolute Gasteiger partial charge is 0.237 e. The highest BCUT2D eigenvalue weighted by atomic mass is 19.1. The largest absolute Gasteiger partial charge is 0.390 e. The van der Waals surface area contributed by atoms with Gasteiger partial charge in [-0.05, 0) is 70.1 Å². The van der Waals surface area contributed by atoms with E-state index in [1.165, 1.54) is 0 Å². The van der Waals surface area contributed by atoms with Crippen LogP contribution in [-0.2, 0) is 19.2 Å². The standard InChI is InChI=1S/C34H59F2N5O5/c1-4-12-40(13-5-2)34(46)26-18-24(31(37)43)17-25(19-26)32(44)38-29(16-22-14-27(35)20-28(36)15-22)30(42)21-41(6-3)39-33(45)23-10-8-7-9-11-23/h22-30,42H,4-21H2,1-3H3,(H2,37,43)(H,38,44)(H,39,45). The number of nitrogens with two attached hydrogens (primary N) is 1. The monoisotopic (exact) mass is 655 g/mol. The lowest BCUT2D eigenvalue weighted by Gasteiger charge is -2.37. The minimum absolute atomic E-state index is 0.0173. The lowest BCUT2D eigenvalue weighted by Crippen LogP contribution is -2.55. The Morgan fingerprint density at radius 2 is 1.39 bits per heavy atom. The van der Waals surface area contributed by atoms with Gasteiger partial charge in [-0.3, -0.25) is 24.6 Å². The maximum Gasteiger partial charge on any atom is 0.237 e. The second-order valence-corrected chi connectivity index (χ2v) is 14.1. The highest BCUT2D eigenvalue weighted by Crippen LogP contribution is 2.36. The molecule has 0 aliphatic heterocycles. The van der Waals surface area contributed by atoms with E-state index >= 15 is 0 Å². The molecule has 12 heteroatoms.